The third-order valence-electron chi connectivity index (χ3n) is 2.90. The molecule has 0 aromatic carbocycles. The maximum Gasteiger partial charge on any atom is 0.401 e. The Morgan fingerprint density at radius 3 is 2.50 bits per heavy atom. The van der Waals surface area contributed by atoms with Crippen molar-refractivity contribution >= 4 is 5.97 Å². The second-order valence-electron chi connectivity index (χ2n) is 4.60. The fourth-order valence-corrected chi connectivity index (χ4v) is 1.73. The van der Waals surface area contributed by atoms with Crippen LogP contribution in [0.25, 0.3) is 0 Å². The molecule has 1 fully saturated rings. The number of carboxylic acids is 1. The smallest absolute Gasteiger partial charge is 0.401 e. The predicted molar refractivity (Wildman–Crippen MR) is 60.4 cm³/mol. The Labute approximate surface area is 104 Å². The van der Waals surface area contributed by atoms with Gasteiger partial charge in [-0.3, -0.25) is 9.69 Å². The first kappa shape index (κ1) is 15.2. The van der Waals surface area contributed by atoms with Gasteiger partial charge in [-0.05, 0) is 25.8 Å². The number of aliphatic carboxylic acids is 1. The molecule has 0 saturated heterocycles. The summed E-state index contributed by atoms with van der Waals surface area (Å²) in [5, 5.41) is 11.9. The zero-order valence-electron chi connectivity index (χ0n) is 10.3. The molecule has 0 amide bonds. The van der Waals surface area contributed by atoms with Gasteiger partial charge >= 0.3 is 12.1 Å². The fourth-order valence-electron chi connectivity index (χ4n) is 1.73. The SMILES string of the molecule is CCN(CCC(NC1CC1)C(=O)O)CC(F)(F)F. The minimum Gasteiger partial charge on any atom is -0.480 e. The highest BCUT2D eigenvalue weighted by Gasteiger charge is 2.32. The molecule has 0 aromatic rings. The number of carbonyl (C=O) groups is 1. The van der Waals surface area contributed by atoms with Crippen LogP contribution in [0.1, 0.15) is 26.2 Å². The molecule has 1 aliphatic carbocycles. The first-order valence-electron chi connectivity index (χ1n) is 6.09. The van der Waals surface area contributed by atoms with E-state index in [0.29, 0.717) is 0 Å². The summed E-state index contributed by atoms with van der Waals surface area (Å²) in [6.07, 6.45) is -2.15. The van der Waals surface area contributed by atoms with E-state index >= 15 is 0 Å². The molecule has 4 nitrogen and oxygen atoms in total. The molecule has 1 atom stereocenters. The van der Waals surface area contributed by atoms with Gasteiger partial charge in [0.1, 0.15) is 6.04 Å². The maximum atomic E-state index is 12.2. The van der Waals surface area contributed by atoms with Gasteiger partial charge in [0.25, 0.3) is 0 Å². The van der Waals surface area contributed by atoms with Crippen LogP contribution in [-0.2, 0) is 4.79 Å². The summed E-state index contributed by atoms with van der Waals surface area (Å²) in [5.41, 5.74) is 0. The molecule has 0 spiro atoms. The van der Waals surface area contributed by atoms with Crippen LogP contribution in [0.2, 0.25) is 0 Å². The number of hydrogen-bond acceptors (Lipinski definition) is 3. The Kier molecular flexibility index (Phi) is 5.40. The Bertz CT molecular complexity index is 280. The molecular formula is C11H19F3N2O2. The summed E-state index contributed by atoms with van der Waals surface area (Å²) in [7, 11) is 0. The molecule has 0 radical (unpaired) electrons. The molecule has 2 N–H and O–H groups in total. The van der Waals surface area contributed by atoms with E-state index in [1.165, 1.54) is 4.90 Å². The van der Waals surface area contributed by atoms with Crippen molar-refractivity contribution in [2.75, 3.05) is 19.6 Å². The van der Waals surface area contributed by atoms with Crippen molar-refractivity contribution in [3.63, 3.8) is 0 Å². The molecule has 0 heterocycles. The van der Waals surface area contributed by atoms with Crippen molar-refractivity contribution in [2.24, 2.45) is 0 Å². The first-order chi connectivity index (χ1) is 8.31. The lowest BCUT2D eigenvalue weighted by Crippen LogP contribution is -2.42. The van der Waals surface area contributed by atoms with Gasteiger partial charge in [-0.25, -0.2) is 0 Å². The normalized spacial score (nSPS) is 18.1. The quantitative estimate of drug-likeness (QED) is 0.700. The zero-order chi connectivity index (χ0) is 13.8. The number of nitrogens with one attached hydrogen (secondary N) is 1. The molecule has 0 aromatic heterocycles. The van der Waals surface area contributed by atoms with E-state index in [1.807, 2.05) is 0 Å². The van der Waals surface area contributed by atoms with E-state index in [1.54, 1.807) is 6.92 Å². The van der Waals surface area contributed by atoms with Gasteiger partial charge in [-0.2, -0.15) is 13.2 Å². The first-order valence-corrected chi connectivity index (χ1v) is 6.09. The van der Waals surface area contributed by atoms with E-state index in [2.05, 4.69) is 5.32 Å². The van der Waals surface area contributed by atoms with Gasteiger partial charge in [0.2, 0.25) is 0 Å². The fraction of sp³-hybridized carbons (Fsp3) is 0.909. The summed E-state index contributed by atoms with van der Waals surface area (Å²) < 4.78 is 36.7. The molecule has 1 rings (SSSR count). The van der Waals surface area contributed by atoms with Crippen LogP contribution in [0.15, 0.2) is 0 Å². The topological polar surface area (TPSA) is 52.6 Å². The highest BCUT2D eigenvalue weighted by molar-refractivity contribution is 5.73. The van der Waals surface area contributed by atoms with E-state index in [0.717, 1.165) is 12.8 Å². The zero-order valence-corrected chi connectivity index (χ0v) is 10.3. The van der Waals surface area contributed by atoms with Crippen LogP contribution in [0.5, 0.6) is 0 Å². The molecule has 18 heavy (non-hydrogen) atoms. The second kappa shape index (κ2) is 6.38. The lowest BCUT2D eigenvalue weighted by Gasteiger charge is -2.23. The number of rotatable bonds is 8. The minimum absolute atomic E-state index is 0.132. The number of nitrogens with zero attached hydrogens (tertiary/aromatic N) is 1. The monoisotopic (exact) mass is 268 g/mol. The van der Waals surface area contributed by atoms with E-state index in [-0.39, 0.29) is 25.6 Å². The lowest BCUT2D eigenvalue weighted by atomic mass is 10.2. The third kappa shape index (κ3) is 6.20. The van der Waals surface area contributed by atoms with Gasteiger partial charge < -0.3 is 10.4 Å². The molecule has 0 bridgehead atoms. The minimum atomic E-state index is -4.24. The van der Waals surface area contributed by atoms with Crippen LogP contribution >= 0.6 is 0 Å². The molecule has 106 valence electrons. The molecule has 1 unspecified atom stereocenters. The highest BCUT2D eigenvalue weighted by Crippen LogP contribution is 2.20. The summed E-state index contributed by atoms with van der Waals surface area (Å²) in [4.78, 5) is 12.2. The van der Waals surface area contributed by atoms with Crippen molar-refractivity contribution in [3.05, 3.63) is 0 Å². The van der Waals surface area contributed by atoms with Crippen molar-refractivity contribution in [3.8, 4) is 0 Å². The van der Waals surface area contributed by atoms with Gasteiger partial charge in [-0.1, -0.05) is 6.92 Å². The Morgan fingerprint density at radius 2 is 2.11 bits per heavy atom. The Balaban J connectivity index is 2.35. The lowest BCUT2D eigenvalue weighted by molar-refractivity contribution is -0.146. The summed E-state index contributed by atoms with van der Waals surface area (Å²) in [5.74, 6) is -0.995. The van der Waals surface area contributed by atoms with E-state index < -0.39 is 24.7 Å². The van der Waals surface area contributed by atoms with Gasteiger partial charge in [0, 0.05) is 12.6 Å². The van der Waals surface area contributed by atoms with Crippen molar-refractivity contribution < 1.29 is 23.1 Å². The molecule has 1 aliphatic rings. The van der Waals surface area contributed by atoms with Gasteiger partial charge in [0.05, 0.1) is 6.54 Å². The average Bonchev–Trinajstić information content (AvgIpc) is 3.03. The molecular weight excluding hydrogens is 249 g/mol. The molecule has 1 saturated carbocycles. The second-order valence-corrected chi connectivity index (χ2v) is 4.60. The van der Waals surface area contributed by atoms with E-state index in [9.17, 15) is 18.0 Å². The van der Waals surface area contributed by atoms with Crippen LogP contribution in [-0.4, -0.2) is 53.9 Å². The van der Waals surface area contributed by atoms with Crippen LogP contribution in [0, 0.1) is 0 Å². The third-order valence-corrected chi connectivity index (χ3v) is 2.90. The summed E-state index contributed by atoms with van der Waals surface area (Å²) >= 11 is 0. The average molecular weight is 268 g/mol. The van der Waals surface area contributed by atoms with Crippen molar-refractivity contribution in [1.29, 1.82) is 0 Å². The van der Waals surface area contributed by atoms with E-state index in [4.69, 9.17) is 5.11 Å². The number of hydrogen-bond donors (Lipinski definition) is 2. The summed E-state index contributed by atoms with van der Waals surface area (Å²) in [6.45, 7) is 1.04. The Hall–Kier alpha value is -0.820. The van der Waals surface area contributed by atoms with Crippen molar-refractivity contribution in [2.45, 2.75) is 44.4 Å². The largest absolute Gasteiger partial charge is 0.480 e. The van der Waals surface area contributed by atoms with Crippen molar-refractivity contribution in [1.82, 2.24) is 10.2 Å². The Morgan fingerprint density at radius 1 is 1.50 bits per heavy atom. The van der Waals surface area contributed by atoms with Crippen LogP contribution in [0.4, 0.5) is 13.2 Å². The van der Waals surface area contributed by atoms with Crippen LogP contribution < -0.4 is 5.32 Å². The summed E-state index contributed by atoms with van der Waals surface area (Å²) in [6, 6.07) is -0.524. The number of halogens is 3. The molecule has 7 heteroatoms. The standard InChI is InChI=1S/C11H19F3N2O2/c1-2-16(7-11(12,13)14)6-5-9(10(17)18)15-8-3-4-8/h8-9,15H,2-7H2,1H3,(H,17,18). The number of alkyl halides is 3. The number of carboxylic acid groups (broad SMARTS) is 1. The van der Waals surface area contributed by atoms with Gasteiger partial charge in [-0.15, -0.1) is 0 Å². The molecule has 0 aliphatic heterocycles. The van der Waals surface area contributed by atoms with Crippen LogP contribution in [0.3, 0.4) is 0 Å². The predicted octanol–water partition coefficient (Wildman–Crippen LogP) is 1.47. The maximum absolute atomic E-state index is 12.2. The highest BCUT2D eigenvalue weighted by atomic mass is 19.4. The van der Waals surface area contributed by atoms with Gasteiger partial charge in [0.15, 0.2) is 0 Å².